The lowest BCUT2D eigenvalue weighted by Gasteiger charge is -2.19. The molecule has 1 aromatic carbocycles. The van der Waals surface area contributed by atoms with Gasteiger partial charge in [0.2, 0.25) is 0 Å². The highest BCUT2D eigenvalue weighted by atomic mass is 79.9. The molecule has 0 saturated heterocycles. The molecule has 0 amide bonds. The lowest BCUT2D eigenvalue weighted by atomic mass is 9.97. The zero-order chi connectivity index (χ0) is 13.5. The summed E-state index contributed by atoms with van der Waals surface area (Å²) in [6.45, 7) is 7.37. The second-order valence-corrected chi connectivity index (χ2v) is 6.02. The van der Waals surface area contributed by atoms with Gasteiger partial charge < -0.3 is 5.32 Å². The fraction of sp³-hybridized carbons (Fsp3) is 0.600. The van der Waals surface area contributed by atoms with Gasteiger partial charge in [-0.1, -0.05) is 49.5 Å². The molecule has 0 aliphatic heterocycles. The molecule has 0 heterocycles. The third-order valence-corrected chi connectivity index (χ3v) is 3.55. The molecule has 0 fully saturated rings. The first-order valence-electron chi connectivity index (χ1n) is 6.73. The zero-order valence-electron chi connectivity index (χ0n) is 11.5. The van der Waals surface area contributed by atoms with Crippen molar-refractivity contribution in [2.45, 2.75) is 46.1 Å². The van der Waals surface area contributed by atoms with E-state index in [1.54, 1.807) is 6.07 Å². The van der Waals surface area contributed by atoms with Crippen molar-refractivity contribution in [3.63, 3.8) is 0 Å². The summed E-state index contributed by atoms with van der Waals surface area (Å²) in [6.07, 6.45) is 3.30. The van der Waals surface area contributed by atoms with Gasteiger partial charge in [-0.2, -0.15) is 0 Å². The maximum absolute atomic E-state index is 13.9. The number of hydrogen-bond acceptors (Lipinski definition) is 1. The van der Waals surface area contributed by atoms with Crippen LogP contribution in [0.25, 0.3) is 0 Å². The molecule has 0 aromatic heterocycles. The molecule has 0 saturated carbocycles. The molecule has 0 radical (unpaired) electrons. The van der Waals surface area contributed by atoms with Crippen LogP contribution in [-0.2, 0) is 0 Å². The second kappa shape index (κ2) is 7.90. The Balaban J connectivity index is 2.73. The Kier molecular flexibility index (Phi) is 6.87. The van der Waals surface area contributed by atoms with Crippen molar-refractivity contribution < 1.29 is 4.39 Å². The predicted molar refractivity (Wildman–Crippen MR) is 79.2 cm³/mol. The molecule has 1 aromatic rings. The van der Waals surface area contributed by atoms with E-state index in [0.29, 0.717) is 5.92 Å². The fourth-order valence-corrected chi connectivity index (χ4v) is 2.50. The van der Waals surface area contributed by atoms with E-state index >= 15 is 0 Å². The SMILES string of the molecule is CCNC(CCCC(C)C)c1cc(Br)ccc1F. The van der Waals surface area contributed by atoms with Crippen molar-refractivity contribution in [3.8, 4) is 0 Å². The Morgan fingerprint density at radius 2 is 2.00 bits per heavy atom. The summed E-state index contributed by atoms with van der Waals surface area (Å²) in [6, 6.07) is 5.28. The van der Waals surface area contributed by atoms with E-state index in [0.717, 1.165) is 29.4 Å². The molecule has 0 aliphatic rings. The molecule has 0 bridgehead atoms. The number of nitrogens with one attached hydrogen (secondary N) is 1. The van der Waals surface area contributed by atoms with Crippen molar-refractivity contribution >= 4 is 15.9 Å². The largest absolute Gasteiger partial charge is 0.310 e. The Morgan fingerprint density at radius 1 is 1.28 bits per heavy atom. The van der Waals surface area contributed by atoms with Crippen LogP contribution in [0.1, 0.15) is 51.6 Å². The van der Waals surface area contributed by atoms with Gasteiger partial charge in [-0.3, -0.25) is 0 Å². The summed E-state index contributed by atoms with van der Waals surface area (Å²) in [5, 5.41) is 3.38. The Labute approximate surface area is 118 Å². The van der Waals surface area contributed by atoms with Gasteiger partial charge >= 0.3 is 0 Å². The molecular formula is C15H23BrFN. The topological polar surface area (TPSA) is 12.0 Å². The van der Waals surface area contributed by atoms with Gasteiger partial charge in [-0.15, -0.1) is 0 Å². The first-order valence-corrected chi connectivity index (χ1v) is 7.52. The average Bonchev–Trinajstić information content (AvgIpc) is 2.31. The molecule has 0 spiro atoms. The summed E-state index contributed by atoms with van der Waals surface area (Å²) in [5.41, 5.74) is 0.773. The van der Waals surface area contributed by atoms with E-state index in [9.17, 15) is 4.39 Å². The molecular weight excluding hydrogens is 293 g/mol. The predicted octanol–water partition coefficient (Wildman–Crippen LogP) is 5.07. The van der Waals surface area contributed by atoms with Gasteiger partial charge in [0.1, 0.15) is 5.82 Å². The number of rotatable bonds is 7. The van der Waals surface area contributed by atoms with E-state index < -0.39 is 0 Å². The van der Waals surface area contributed by atoms with Gasteiger partial charge in [-0.25, -0.2) is 4.39 Å². The van der Waals surface area contributed by atoms with Gasteiger partial charge in [0.05, 0.1) is 0 Å². The van der Waals surface area contributed by atoms with E-state index in [2.05, 4.69) is 42.0 Å². The number of halogens is 2. The first-order chi connectivity index (χ1) is 8.54. The molecule has 18 heavy (non-hydrogen) atoms. The average molecular weight is 316 g/mol. The van der Waals surface area contributed by atoms with Crippen LogP contribution in [0.4, 0.5) is 4.39 Å². The summed E-state index contributed by atoms with van der Waals surface area (Å²) >= 11 is 3.41. The van der Waals surface area contributed by atoms with E-state index in [4.69, 9.17) is 0 Å². The molecule has 1 unspecified atom stereocenters. The van der Waals surface area contributed by atoms with Crippen molar-refractivity contribution in [1.29, 1.82) is 0 Å². The fourth-order valence-electron chi connectivity index (χ4n) is 2.13. The van der Waals surface area contributed by atoms with Crippen LogP contribution in [0.3, 0.4) is 0 Å². The summed E-state index contributed by atoms with van der Waals surface area (Å²) in [5.74, 6) is 0.591. The van der Waals surface area contributed by atoms with Crippen LogP contribution in [-0.4, -0.2) is 6.54 Å². The second-order valence-electron chi connectivity index (χ2n) is 5.10. The van der Waals surface area contributed by atoms with Crippen LogP contribution in [0.5, 0.6) is 0 Å². The maximum Gasteiger partial charge on any atom is 0.128 e. The Morgan fingerprint density at radius 3 is 2.61 bits per heavy atom. The van der Waals surface area contributed by atoms with Gasteiger partial charge in [0.25, 0.3) is 0 Å². The highest BCUT2D eigenvalue weighted by Gasteiger charge is 2.15. The summed E-state index contributed by atoms with van der Waals surface area (Å²) in [4.78, 5) is 0. The number of hydrogen-bond donors (Lipinski definition) is 1. The number of benzene rings is 1. The molecule has 1 N–H and O–H groups in total. The monoisotopic (exact) mass is 315 g/mol. The quantitative estimate of drug-likeness (QED) is 0.741. The minimum atomic E-state index is -0.117. The lowest BCUT2D eigenvalue weighted by Crippen LogP contribution is -2.22. The Hall–Kier alpha value is -0.410. The van der Waals surface area contributed by atoms with E-state index in [1.807, 2.05) is 6.07 Å². The van der Waals surface area contributed by atoms with E-state index in [-0.39, 0.29) is 11.9 Å². The highest BCUT2D eigenvalue weighted by Crippen LogP contribution is 2.26. The van der Waals surface area contributed by atoms with Gasteiger partial charge in [0, 0.05) is 16.1 Å². The smallest absolute Gasteiger partial charge is 0.128 e. The van der Waals surface area contributed by atoms with Crippen molar-refractivity contribution in [2.75, 3.05) is 6.54 Å². The third-order valence-electron chi connectivity index (χ3n) is 3.06. The summed E-state index contributed by atoms with van der Waals surface area (Å²) < 4.78 is 14.8. The molecule has 1 atom stereocenters. The zero-order valence-corrected chi connectivity index (χ0v) is 13.1. The van der Waals surface area contributed by atoms with Crippen LogP contribution in [0.2, 0.25) is 0 Å². The van der Waals surface area contributed by atoms with Gasteiger partial charge in [0.15, 0.2) is 0 Å². The van der Waals surface area contributed by atoms with Crippen molar-refractivity contribution in [3.05, 3.63) is 34.1 Å². The Bertz CT molecular complexity index is 366. The molecule has 1 nitrogen and oxygen atoms in total. The molecule has 1 rings (SSSR count). The van der Waals surface area contributed by atoms with Crippen LogP contribution in [0.15, 0.2) is 22.7 Å². The van der Waals surface area contributed by atoms with Crippen molar-refractivity contribution in [2.24, 2.45) is 5.92 Å². The normalized spacial score (nSPS) is 13.0. The lowest BCUT2D eigenvalue weighted by molar-refractivity contribution is 0.441. The first kappa shape index (κ1) is 15.6. The van der Waals surface area contributed by atoms with Crippen LogP contribution >= 0.6 is 15.9 Å². The summed E-state index contributed by atoms with van der Waals surface area (Å²) in [7, 11) is 0. The standard InChI is InChI=1S/C15H23BrFN/c1-4-18-15(7-5-6-11(2)3)13-10-12(16)8-9-14(13)17/h8-11,15,18H,4-7H2,1-3H3. The van der Waals surface area contributed by atoms with Gasteiger partial charge in [-0.05, 0) is 37.1 Å². The van der Waals surface area contributed by atoms with Crippen molar-refractivity contribution in [1.82, 2.24) is 5.32 Å². The third kappa shape index (κ3) is 5.07. The molecule has 0 aliphatic carbocycles. The molecule has 102 valence electrons. The maximum atomic E-state index is 13.9. The highest BCUT2D eigenvalue weighted by molar-refractivity contribution is 9.10. The van der Waals surface area contributed by atoms with E-state index in [1.165, 1.54) is 12.5 Å². The van der Waals surface area contributed by atoms with Crippen LogP contribution < -0.4 is 5.32 Å². The van der Waals surface area contributed by atoms with Crippen LogP contribution in [0, 0.1) is 11.7 Å². The minimum Gasteiger partial charge on any atom is -0.310 e. The molecule has 3 heteroatoms. The minimum absolute atomic E-state index is 0.117.